The Kier molecular flexibility index (Phi) is 9.65. The number of nitrogens with zero attached hydrogens (tertiary/aromatic N) is 2. The molecule has 12 nitrogen and oxygen atoms in total. The molecule has 3 amide bonds. The maximum Gasteiger partial charge on any atom is 0.320 e. The minimum absolute atomic E-state index is 0.200. The lowest BCUT2D eigenvalue weighted by Crippen LogP contribution is -2.60. The number of hydrogen-bond donors (Lipinski definition) is 3. The van der Waals surface area contributed by atoms with Crippen LogP contribution in [0.5, 0.6) is 0 Å². The molecule has 0 bridgehead atoms. The average molecular weight is 722 g/mol. The molecule has 2 aliphatic carbocycles. The van der Waals surface area contributed by atoms with Gasteiger partial charge in [-0.25, -0.2) is 8.42 Å². The third-order valence-electron chi connectivity index (χ3n) is 10.4. The third kappa shape index (κ3) is 7.71. The summed E-state index contributed by atoms with van der Waals surface area (Å²) in [6.45, 7) is 16.1. The molecule has 13 heteroatoms. The van der Waals surface area contributed by atoms with Gasteiger partial charge in [0.2, 0.25) is 21.8 Å². The van der Waals surface area contributed by atoms with E-state index in [2.05, 4.69) is 51.1 Å². The van der Waals surface area contributed by atoms with Gasteiger partial charge in [-0.1, -0.05) is 63.2 Å². The van der Waals surface area contributed by atoms with Crippen LogP contribution in [0.15, 0.2) is 49.1 Å². The van der Waals surface area contributed by atoms with Crippen molar-refractivity contribution in [3.8, 4) is 0 Å². The van der Waals surface area contributed by atoms with Gasteiger partial charge in [0, 0.05) is 31.6 Å². The second-order valence-electron chi connectivity index (χ2n) is 16.7. The second kappa shape index (κ2) is 13.3. The summed E-state index contributed by atoms with van der Waals surface area (Å²) in [6, 6.07) is 10.5. The van der Waals surface area contributed by atoms with Gasteiger partial charge in [0.1, 0.15) is 17.2 Å². The van der Waals surface area contributed by atoms with Gasteiger partial charge in [0.25, 0.3) is 5.91 Å². The molecule has 3 fully saturated rings. The first-order valence-corrected chi connectivity index (χ1v) is 19.4. The Hall–Kier alpha value is -3.81. The highest BCUT2D eigenvalue weighted by Crippen LogP contribution is 2.46. The lowest BCUT2D eigenvalue weighted by atomic mass is 9.85. The van der Waals surface area contributed by atoms with Crippen LogP contribution in [-0.4, -0.2) is 89.5 Å². The normalized spacial score (nSPS) is 25.6. The lowest BCUT2D eigenvalue weighted by molar-refractivity contribution is -0.154. The van der Waals surface area contributed by atoms with E-state index in [1.54, 1.807) is 31.7 Å². The molecule has 2 aromatic rings. The Morgan fingerprint density at radius 2 is 1.65 bits per heavy atom. The molecule has 276 valence electrons. The Labute approximate surface area is 300 Å². The second-order valence-corrected chi connectivity index (χ2v) is 18.6. The number of rotatable bonds is 11. The SMILES string of the molecule is C=C[C@@H]1C[C@]1(NC(=O)[C@@H]1C[C@@H](N2Cc3cccc4cccc(c34)C2)CN1C(=O)[C@@H](NCC(=O)OC(C)(C)C)C(C)(C)C)C(=O)NS(=O)(=O)C1CC1. The van der Waals surface area contributed by atoms with Crippen molar-refractivity contribution >= 4 is 44.5 Å². The van der Waals surface area contributed by atoms with Crippen molar-refractivity contribution in [1.29, 1.82) is 0 Å². The molecule has 51 heavy (non-hydrogen) atoms. The molecule has 0 spiro atoms. The fourth-order valence-corrected chi connectivity index (χ4v) is 8.96. The number of benzene rings is 2. The van der Waals surface area contributed by atoms with Gasteiger partial charge < -0.3 is 15.0 Å². The van der Waals surface area contributed by atoms with Crippen molar-refractivity contribution in [2.75, 3.05) is 13.1 Å². The van der Waals surface area contributed by atoms with Gasteiger partial charge in [-0.05, 0) is 73.8 Å². The van der Waals surface area contributed by atoms with Crippen molar-refractivity contribution in [3.05, 3.63) is 60.2 Å². The highest BCUT2D eigenvalue weighted by molar-refractivity contribution is 7.91. The van der Waals surface area contributed by atoms with E-state index < -0.39 is 67.6 Å². The Morgan fingerprint density at radius 3 is 2.18 bits per heavy atom. The fourth-order valence-electron chi connectivity index (χ4n) is 7.60. The number of amides is 3. The van der Waals surface area contributed by atoms with Crippen LogP contribution in [0.2, 0.25) is 0 Å². The van der Waals surface area contributed by atoms with E-state index in [4.69, 9.17) is 4.74 Å². The van der Waals surface area contributed by atoms with E-state index in [0.717, 1.165) is 0 Å². The summed E-state index contributed by atoms with van der Waals surface area (Å²) in [4.78, 5) is 59.1. The first-order valence-electron chi connectivity index (χ1n) is 17.8. The number of sulfonamides is 1. The molecule has 6 rings (SSSR count). The summed E-state index contributed by atoms with van der Waals surface area (Å²) >= 11 is 0. The first-order chi connectivity index (χ1) is 23.8. The zero-order valence-corrected chi connectivity index (χ0v) is 31.3. The van der Waals surface area contributed by atoms with Gasteiger partial charge in [0.05, 0.1) is 17.8 Å². The molecule has 2 heterocycles. The van der Waals surface area contributed by atoms with Crippen LogP contribution in [0.1, 0.15) is 78.4 Å². The molecule has 0 aromatic heterocycles. The van der Waals surface area contributed by atoms with E-state index in [-0.39, 0.29) is 31.5 Å². The first kappa shape index (κ1) is 37.0. The summed E-state index contributed by atoms with van der Waals surface area (Å²) in [5.74, 6) is -2.63. The number of ether oxygens (including phenoxy) is 1. The minimum Gasteiger partial charge on any atom is -0.459 e. The van der Waals surface area contributed by atoms with Crippen LogP contribution in [-0.2, 0) is 47.0 Å². The van der Waals surface area contributed by atoms with Gasteiger partial charge in [-0.15, -0.1) is 6.58 Å². The van der Waals surface area contributed by atoms with Crippen LogP contribution in [0, 0.1) is 11.3 Å². The number of carbonyl (C=O) groups is 4. The standard InChI is InChI=1S/C38H51N5O7S/c1-8-26-18-38(26,35(47)41-51(48,49)28-15-16-28)40-33(45)29-17-27(42-20-24-13-9-11-23-12-10-14-25(21-42)31(23)24)22-43(29)34(46)32(36(2,3)4)39-19-30(44)50-37(5,6)7/h8-14,26-29,32,39H,1,15-22H2,2-7H3,(H,40,45)(H,41,47)/t26-,27-,29+,32-,38-/m1/s1. The van der Waals surface area contributed by atoms with Crippen molar-refractivity contribution in [3.63, 3.8) is 0 Å². The van der Waals surface area contributed by atoms with Crippen LogP contribution in [0.25, 0.3) is 10.8 Å². The maximum atomic E-state index is 14.6. The molecule has 4 aliphatic rings. The predicted octanol–water partition coefficient (Wildman–Crippen LogP) is 3.14. The molecule has 2 aliphatic heterocycles. The number of carbonyl (C=O) groups excluding carboxylic acids is 4. The van der Waals surface area contributed by atoms with Crippen LogP contribution in [0.4, 0.5) is 0 Å². The molecule has 5 atom stereocenters. The van der Waals surface area contributed by atoms with Crippen LogP contribution < -0.4 is 15.4 Å². The highest BCUT2D eigenvalue weighted by Gasteiger charge is 2.62. The van der Waals surface area contributed by atoms with Crippen LogP contribution >= 0.6 is 0 Å². The molecule has 0 unspecified atom stereocenters. The van der Waals surface area contributed by atoms with E-state index in [1.807, 2.05) is 32.9 Å². The maximum absolute atomic E-state index is 14.6. The zero-order valence-electron chi connectivity index (χ0n) is 30.5. The molecule has 1 saturated heterocycles. The third-order valence-corrected chi connectivity index (χ3v) is 12.3. The number of likely N-dealkylation sites (tertiary alicyclic amines) is 1. The van der Waals surface area contributed by atoms with Crippen molar-refractivity contribution < 1.29 is 32.3 Å². The number of esters is 1. The number of hydrogen-bond acceptors (Lipinski definition) is 9. The number of nitrogens with one attached hydrogen (secondary N) is 3. The Bertz CT molecular complexity index is 1820. The van der Waals surface area contributed by atoms with E-state index in [0.29, 0.717) is 32.4 Å². The van der Waals surface area contributed by atoms with Gasteiger partial charge in [-0.3, -0.25) is 34.1 Å². The lowest BCUT2D eigenvalue weighted by Gasteiger charge is -2.36. The molecule has 2 aromatic carbocycles. The zero-order chi connectivity index (χ0) is 37.1. The van der Waals surface area contributed by atoms with Gasteiger partial charge in [-0.2, -0.15) is 0 Å². The predicted molar refractivity (Wildman–Crippen MR) is 193 cm³/mol. The van der Waals surface area contributed by atoms with Crippen molar-refractivity contribution in [1.82, 2.24) is 25.2 Å². The van der Waals surface area contributed by atoms with Gasteiger partial charge >= 0.3 is 5.97 Å². The van der Waals surface area contributed by atoms with Gasteiger partial charge in [0.15, 0.2) is 0 Å². The smallest absolute Gasteiger partial charge is 0.320 e. The minimum atomic E-state index is -3.86. The van der Waals surface area contributed by atoms with E-state index in [1.165, 1.54) is 21.9 Å². The molecular weight excluding hydrogens is 671 g/mol. The fraction of sp³-hybridized carbons (Fsp3) is 0.579. The molecule has 2 saturated carbocycles. The average Bonchev–Trinajstić information content (AvgIpc) is 3.96. The Balaban J connectivity index is 1.27. The van der Waals surface area contributed by atoms with Crippen LogP contribution in [0.3, 0.4) is 0 Å². The summed E-state index contributed by atoms with van der Waals surface area (Å²) < 4.78 is 33.1. The quantitative estimate of drug-likeness (QED) is 0.235. The topological polar surface area (TPSA) is 154 Å². The van der Waals surface area contributed by atoms with Crippen molar-refractivity contribution in [2.45, 2.75) is 115 Å². The van der Waals surface area contributed by atoms with E-state index >= 15 is 0 Å². The molecule has 0 radical (unpaired) electrons. The summed E-state index contributed by atoms with van der Waals surface area (Å²) in [5, 5.41) is 7.80. The summed E-state index contributed by atoms with van der Waals surface area (Å²) in [7, 11) is -3.86. The Morgan fingerprint density at radius 1 is 1.02 bits per heavy atom. The molecule has 3 N–H and O–H groups in total. The highest BCUT2D eigenvalue weighted by atomic mass is 32.2. The molecular formula is C38H51N5O7S. The summed E-state index contributed by atoms with van der Waals surface area (Å²) in [6.07, 6.45) is 3.02. The largest absolute Gasteiger partial charge is 0.459 e. The van der Waals surface area contributed by atoms with E-state index in [9.17, 15) is 27.6 Å². The van der Waals surface area contributed by atoms with Crippen molar-refractivity contribution in [2.24, 2.45) is 11.3 Å². The monoisotopic (exact) mass is 721 g/mol. The summed E-state index contributed by atoms with van der Waals surface area (Å²) in [5.41, 5.74) is -0.487.